The molecule has 4 heterocycles. The van der Waals surface area contributed by atoms with Gasteiger partial charge in [-0.3, -0.25) is 4.79 Å². The number of fused-ring (bicyclic) bond motifs is 1. The third-order valence-corrected chi connectivity index (χ3v) is 6.18. The lowest BCUT2D eigenvalue weighted by Gasteiger charge is -2.37. The van der Waals surface area contributed by atoms with E-state index in [0.29, 0.717) is 18.7 Å². The van der Waals surface area contributed by atoms with Crippen molar-refractivity contribution in [3.8, 4) is 22.5 Å². The number of aliphatic hydroxyl groups excluding tert-OH is 1. The maximum Gasteiger partial charge on any atom is 0.410 e. The zero-order chi connectivity index (χ0) is 25.4. The van der Waals surface area contributed by atoms with Gasteiger partial charge in [0.15, 0.2) is 0 Å². The van der Waals surface area contributed by atoms with E-state index in [-0.39, 0.29) is 12.1 Å². The summed E-state index contributed by atoms with van der Waals surface area (Å²) < 4.78 is 8.58. The Morgan fingerprint density at radius 3 is 2.53 bits per heavy atom. The molecule has 3 aromatic heterocycles. The first-order valence-electron chi connectivity index (χ1n) is 12.0. The molecule has 0 aliphatic carbocycles. The molecule has 1 aliphatic heterocycles. The maximum atomic E-state index is 12.9. The van der Waals surface area contributed by atoms with E-state index in [0.717, 1.165) is 22.3 Å². The average Bonchev–Trinajstić information content (AvgIpc) is 3.24. The normalized spacial score (nSPS) is 18.4. The number of rotatable bonds is 3. The van der Waals surface area contributed by atoms with Gasteiger partial charge in [0.25, 0.3) is 5.56 Å². The van der Waals surface area contributed by atoms with E-state index in [1.54, 1.807) is 31.4 Å². The second kappa shape index (κ2) is 9.23. The Labute approximate surface area is 208 Å². The highest BCUT2D eigenvalue weighted by atomic mass is 16.6. The number of amides is 1. The molecule has 1 amide bonds. The molecule has 2 unspecified atom stereocenters. The monoisotopic (exact) mass is 487 g/mol. The van der Waals surface area contributed by atoms with Gasteiger partial charge < -0.3 is 14.7 Å². The van der Waals surface area contributed by atoms with Gasteiger partial charge in [-0.1, -0.05) is 36.4 Å². The molecule has 1 N–H and O–H groups in total. The molecule has 2 atom stereocenters. The summed E-state index contributed by atoms with van der Waals surface area (Å²) in [5.74, 6) is 0. The van der Waals surface area contributed by atoms with Crippen LogP contribution in [0.15, 0.2) is 71.7 Å². The highest BCUT2D eigenvalue weighted by Crippen LogP contribution is 2.34. The molecule has 1 saturated heterocycles. The van der Waals surface area contributed by atoms with Crippen molar-refractivity contribution < 1.29 is 14.6 Å². The Morgan fingerprint density at radius 2 is 1.78 bits per heavy atom. The Bertz CT molecular complexity index is 1450. The maximum absolute atomic E-state index is 12.9. The van der Waals surface area contributed by atoms with Gasteiger partial charge >= 0.3 is 6.09 Å². The van der Waals surface area contributed by atoms with Crippen LogP contribution in [0.4, 0.5) is 4.79 Å². The van der Waals surface area contributed by atoms with Gasteiger partial charge in [-0.2, -0.15) is 10.2 Å². The number of carbonyl (C=O) groups is 1. The summed E-state index contributed by atoms with van der Waals surface area (Å²) in [6, 6.07) is 18.0. The van der Waals surface area contributed by atoms with Gasteiger partial charge in [-0.05, 0) is 45.4 Å². The fourth-order valence-corrected chi connectivity index (χ4v) is 4.50. The van der Waals surface area contributed by atoms with E-state index in [2.05, 4.69) is 0 Å². The van der Waals surface area contributed by atoms with E-state index in [9.17, 15) is 14.7 Å². The van der Waals surface area contributed by atoms with Crippen molar-refractivity contribution in [2.75, 3.05) is 13.1 Å². The number of nitrogens with zero attached hydrogens (tertiary/aromatic N) is 5. The van der Waals surface area contributed by atoms with Gasteiger partial charge in [0, 0.05) is 30.9 Å². The van der Waals surface area contributed by atoms with Crippen molar-refractivity contribution in [1.82, 2.24) is 24.3 Å². The van der Waals surface area contributed by atoms with Crippen molar-refractivity contribution in [2.45, 2.75) is 44.9 Å². The summed E-state index contributed by atoms with van der Waals surface area (Å²) >= 11 is 0. The topological polar surface area (TPSA) is 102 Å². The Kier molecular flexibility index (Phi) is 6.09. The van der Waals surface area contributed by atoms with Crippen LogP contribution in [-0.2, 0) is 4.74 Å². The van der Waals surface area contributed by atoms with Gasteiger partial charge in [0.05, 0.1) is 28.9 Å². The van der Waals surface area contributed by atoms with Crippen molar-refractivity contribution in [2.24, 2.45) is 0 Å². The van der Waals surface area contributed by atoms with Crippen LogP contribution in [-0.4, -0.2) is 60.3 Å². The molecule has 5 rings (SSSR count). The Hall–Kier alpha value is -3.98. The second-order valence-electron chi connectivity index (χ2n) is 9.97. The minimum absolute atomic E-state index is 0.118. The third-order valence-electron chi connectivity index (χ3n) is 6.18. The zero-order valence-corrected chi connectivity index (χ0v) is 20.5. The number of hydrogen-bond acceptors (Lipinski definition) is 6. The van der Waals surface area contributed by atoms with Crippen LogP contribution < -0.4 is 5.56 Å². The van der Waals surface area contributed by atoms with Crippen LogP contribution in [0.1, 0.15) is 33.2 Å². The predicted octanol–water partition coefficient (Wildman–Crippen LogP) is 3.77. The molecule has 186 valence electrons. The molecule has 0 bridgehead atoms. The van der Waals surface area contributed by atoms with E-state index in [1.807, 2.05) is 54.7 Å². The molecule has 0 radical (unpaired) electrons. The van der Waals surface area contributed by atoms with Crippen molar-refractivity contribution >= 4 is 11.6 Å². The fraction of sp³-hybridized carbons (Fsp3) is 0.333. The molecule has 1 fully saturated rings. The van der Waals surface area contributed by atoms with Crippen LogP contribution >= 0.6 is 0 Å². The number of aliphatic hydroxyl groups is 1. The standard InChI is InChI=1S/C27H29N5O4/c1-27(2,3)36-26(35)30-16-14-22(33)21(17-30)32-23(34)13-12-19(28-32)24-20-11-7-8-15-31(20)29-25(24)18-9-5-4-6-10-18/h4-13,15,21-22,33H,14,16-17H2,1-3H3. The first-order valence-corrected chi connectivity index (χ1v) is 12.0. The van der Waals surface area contributed by atoms with E-state index in [4.69, 9.17) is 14.9 Å². The van der Waals surface area contributed by atoms with Crippen LogP contribution in [0.3, 0.4) is 0 Å². The quantitative estimate of drug-likeness (QED) is 0.472. The summed E-state index contributed by atoms with van der Waals surface area (Å²) in [6.07, 6.45) is 0.873. The summed E-state index contributed by atoms with van der Waals surface area (Å²) in [5.41, 5.74) is 2.83. The fourth-order valence-electron chi connectivity index (χ4n) is 4.50. The van der Waals surface area contributed by atoms with E-state index in [1.165, 1.54) is 15.6 Å². The molecule has 1 aromatic carbocycles. The molecule has 0 spiro atoms. The molecule has 4 aromatic rings. The number of piperidine rings is 1. The summed E-state index contributed by atoms with van der Waals surface area (Å²) in [4.78, 5) is 27.2. The lowest BCUT2D eigenvalue weighted by atomic mass is 10.0. The summed E-state index contributed by atoms with van der Waals surface area (Å²) in [5, 5.41) is 20.3. The number of benzene rings is 1. The zero-order valence-electron chi connectivity index (χ0n) is 20.5. The minimum atomic E-state index is -0.832. The number of ether oxygens (including phenoxy) is 1. The smallest absolute Gasteiger partial charge is 0.410 e. The lowest BCUT2D eigenvalue weighted by Crippen LogP contribution is -2.50. The Morgan fingerprint density at radius 1 is 1.03 bits per heavy atom. The molecule has 9 heteroatoms. The molecule has 9 nitrogen and oxygen atoms in total. The number of likely N-dealkylation sites (tertiary alicyclic amines) is 1. The lowest BCUT2D eigenvalue weighted by molar-refractivity contribution is -0.00828. The highest BCUT2D eigenvalue weighted by Gasteiger charge is 2.35. The number of carbonyl (C=O) groups excluding carboxylic acids is 1. The SMILES string of the molecule is CC(C)(C)OC(=O)N1CCC(O)C(n2nc(-c3c(-c4ccccc4)nn4ccccc34)ccc2=O)C1. The van der Waals surface area contributed by atoms with Crippen molar-refractivity contribution in [1.29, 1.82) is 0 Å². The average molecular weight is 488 g/mol. The van der Waals surface area contributed by atoms with Gasteiger partial charge in [0.1, 0.15) is 11.3 Å². The van der Waals surface area contributed by atoms with Crippen LogP contribution in [0.25, 0.3) is 28.0 Å². The molecular weight excluding hydrogens is 458 g/mol. The van der Waals surface area contributed by atoms with Crippen molar-refractivity contribution in [3.05, 3.63) is 77.2 Å². The Balaban J connectivity index is 1.57. The van der Waals surface area contributed by atoms with Gasteiger partial charge in [-0.25, -0.2) is 14.0 Å². The second-order valence-corrected chi connectivity index (χ2v) is 9.97. The van der Waals surface area contributed by atoms with E-state index < -0.39 is 23.8 Å². The van der Waals surface area contributed by atoms with Gasteiger partial charge in [-0.15, -0.1) is 0 Å². The van der Waals surface area contributed by atoms with Crippen LogP contribution in [0.2, 0.25) is 0 Å². The number of pyridine rings is 1. The summed E-state index contributed by atoms with van der Waals surface area (Å²) in [7, 11) is 0. The van der Waals surface area contributed by atoms with Crippen molar-refractivity contribution in [3.63, 3.8) is 0 Å². The highest BCUT2D eigenvalue weighted by molar-refractivity contribution is 5.90. The molecular formula is C27H29N5O4. The largest absolute Gasteiger partial charge is 0.444 e. The molecule has 0 saturated carbocycles. The minimum Gasteiger partial charge on any atom is -0.444 e. The third kappa shape index (κ3) is 4.61. The first kappa shape index (κ1) is 23.7. The molecule has 36 heavy (non-hydrogen) atoms. The van der Waals surface area contributed by atoms with Crippen LogP contribution in [0.5, 0.6) is 0 Å². The number of aromatic nitrogens is 4. The predicted molar refractivity (Wildman–Crippen MR) is 136 cm³/mol. The van der Waals surface area contributed by atoms with Gasteiger partial charge in [0.2, 0.25) is 0 Å². The first-order chi connectivity index (χ1) is 17.2. The number of hydrogen-bond donors (Lipinski definition) is 1. The van der Waals surface area contributed by atoms with E-state index >= 15 is 0 Å². The molecule has 1 aliphatic rings. The summed E-state index contributed by atoms with van der Waals surface area (Å²) in [6.45, 7) is 5.87. The van der Waals surface area contributed by atoms with Crippen LogP contribution in [0, 0.1) is 0 Å².